The maximum atomic E-state index is 10.2. The number of ether oxygens (including phenoxy) is 1. The van der Waals surface area contributed by atoms with Crippen LogP contribution in [-0.4, -0.2) is 19.4 Å². The minimum atomic E-state index is 0.241. The summed E-state index contributed by atoms with van der Waals surface area (Å²) in [4.78, 5) is 10.2. The molecule has 1 aliphatic carbocycles. The van der Waals surface area contributed by atoms with E-state index in [1.54, 1.807) is 0 Å². The molecule has 3 heteroatoms. The van der Waals surface area contributed by atoms with Gasteiger partial charge in [-0.05, 0) is 51.0 Å². The van der Waals surface area contributed by atoms with Crippen LogP contribution in [-0.2, 0) is 4.79 Å². The molecule has 1 N–H and O–H groups in total. The smallest absolute Gasteiger partial charge is 0.123 e. The largest absolute Gasteiger partial charge is 0.491 e. The molecule has 1 aromatic rings. The average Bonchev–Trinajstić information content (AvgIpc) is 2.49. The Balaban J connectivity index is 0.000000217. The fourth-order valence-corrected chi connectivity index (χ4v) is 2.24. The predicted octanol–water partition coefficient (Wildman–Crippen LogP) is 4.28. The first-order valence-corrected chi connectivity index (χ1v) is 7.55. The molecule has 3 nitrogen and oxygen atoms in total. The van der Waals surface area contributed by atoms with E-state index >= 15 is 0 Å². The van der Waals surface area contributed by atoms with Crippen molar-refractivity contribution in [1.82, 2.24) is 0 Å². The minimum Gasteiger partial charge on any atom is -0.491 e. The van der Waals surface area contributed by atoms with E-state index in [2.05, 4.69) is 5.32 Å². The van der Waals surface area contributed by atoms with E-state index < -0.39 is 0 Å². The monoisotopic (exact) mass is 277 g/mol. The van der Waals surface area contributed by atoms with Crippen molar-refractivity contribution in [3.63, 3.8) is 0 Å². The van der Waals surface area contributed by atoms with Crippen LogP contribution in [0.3, 0.4) is 0 Å². The van der Waals surface area contributed by atoms with Crippen LogP contribution in [0, 0.1) is 5.92 Å². The summed E-state index contributed by atoms with van der Waals surface area (Å²) in [6.45, 7) is 4.04. The van der Waals surface area contributed by atoms with Gasteiger partial charge in [-0.25, -0.2) is 0 Å². The van der Waals surface area contributed by atoms with Crippen LogP contribution in [0.2, 0.25) is 0 Å². The maximum absolute atomic E-state index is 10.2. The molecule has 0 bridgehead atoms. The number of carbonyl (C=O) groups excluding carboxylic acids is 1. The lowest BCUT2D eigenvalue weighted by molar-refractivity contribution is -0.111. The summed E-state index contributed by atoms with van der Waals surface area (Å²) >= 11 is 0. The zero-order valence-electron chi connectivity index (χ0n) is 12.9. The lowest BCUT2D eigenvalue weighted by atomic mass is 9.91. The molecule has 1 fully saturated rings. The molecule has 20 heavy (non-hydrogen) atoms. The highest BCUT2D eigenvalue weighted by Crippen LogP contribution is 2.21. The molecule has 0 unspecified atom stereocenters. The van der Waals surface area contributed by atoms with Gasteiger partial charge >= 0.3 is 0 Å². The van der Waals surface area contributed by atoms with Crippen molar-refractivity contribution in [2.45, 2.75) is 52.1 Å². The average molecular weight is 277 g/mol. The second kappa shape index (κ2) is 9.40. The molecule has 0 heterocycles. The van der Waals surface area contributed by atoms with Crippen LogP contribution in [0.15, 0.2) is 24.3 Å². The van der Waals surface area contributed by atoms with Gasteiger partial charge in [0.1, 0.15) is 12.0 Å². The summed E-state index contributed by atoms with van der Waals surface area (Å²) in [5, 5.41) is 3.05. The SMILES string of the molecule is CNc1ccc(OC(C)C)cc1.O=CC1CCCCC1. The third-order valence-corrected chi connectivity index (χ3v) is 3.36. The number of carbonyl (C=O) groups is 1. The van der Waals surface area contributed by atoms with Gasteiger partial charge in [0.2, 0.25) is 0 Å². The highest BCUT2D eigenvalue weighted by atomic mass is 16.5. The van der Waals surface area contributed by atoms with Crippen molar-refractivity contribution in [2.75, 3.05) is 12.4 Å². The third-order valence-electron chi connectivity index (χ3n) is 3.36. The van der Waals surface area contributed by atoms with Crippen LogP contribution in [0.1, 0.15) is 46.0 Å². The molecular formula is C17H27NO2. The Hall–Kier alpha value is -1.51. The summed E-state index contributed by atoms with van der Waals surface area (Å²) in [5.41, 5.74) is 1.10. The van der Waals surface area contributed by atoms with Gasteiger partial charge in [0.25, 0.3) is 0 Å². The summed E-state index contributed by atoms with van der Waals surface area (Å²) in [5.74, 6) is 1.33. The molecule has 0 aromatic heterocycles. The summed E-state index contributed by atoms with van der Waals surface area (Å²) < 4.78 is 5.49. The van der Waals surface area contributed by atoms with Gasteiger partial charge in [-0.15, -0.1) is 0 Å². The number of rotatable bonds is 4. The zero-order chi connectivity index (χ0) is 14.8. The quantitative estimate of drug-likeness (QED) is 0.835. The van der Waals surface area contributed by atoms with Crippen LogP contribution >= 0.6 is 0 Å². The molecule has 0 spiro atoms. The van der Waals surface area contributed by atoms with Crippen LogP contribution in [0.25, 0.3) is 0 Å². The van der Waals surface area contributed by atoms with E-state index in [4.69, 9.17) is 4.74 Å². The molecule has 0 saturated heterocycles. The second-order valence-electron chi connectivity index (χ2n) is 5.48. The van der Waals surface area contributed by atoms with Gasteiger partial charge in [-0.3, -0.25) is 0 Å². The fraction of sp³-hybridized carbons (Fsp3) is 0.588. The summed E-state index contributed by atoms with van der Waals surface area (Å²) in [7, 11) is 1.90. The van der Waals surface area contributed by atoms with Gasteiger partial charge in [0.05, 0.1) is 6.10 Å². The Kier molecular flexibility index (Phi) is 7.78. The topological polar surface area (TPSA) is 38.3 Å². The standard InChI is InChI=1S/C10H15NO.C7H12O/c1-8(2)12-10-6-4-9(11-3)5-7-10;8-6-7-4-2-1-3-5-7/h4-8,11H,1-3H3;6-7H,1-5H2. The Labute approximate surface area is 122 Å². The van der Waals surface area contributed by atoms with E-state index in [0.717, 1.165) is 30.6 Å². The van der Waals surface area contributed by atoms with Crippen molar-refractivity contribution >= 4 is 12.0 Å². The molecule has 0 amide bonds. The van der Waals surface area contributed by atoms with Crippen molar-refractivity contribution in [2.24, 2.45) is 5.92 Å². The van der Waals surface area contributed by atoms with Crippen molar-refractivity contribution in [3.8, 4) is 5.75 Å². The molecule has 1 aliphatic rings. The molecule has 2 rings (SSSR count). The Morgan fingerprint density at radius 3 is 2.15 bits per heavy atom. The zero-order valence-corrected chi connectivity index (χ0v) is 12.9. The van der Waals surface area contributed by atoms with E-state index in [1.807, 2.05) is 45.2 Å². The van der Waals surface area contributed by atoms with Crippen LogP contribution < -0.4 is 10.1 Å². The molecule has 1 aromatic carbocycles. The first-order chi connectivity index (χ1) is 9.65. The number of nitrogens with one attached hydrogen (secondary N) is 1. The number of hydrogen-bond donors (Lipinski definition) is 1. The number of hydrogen-bond acceptors (Lipinski definition) is 3. The van der Waals surface area contributed by atoms with Crippen molar-refractivity contribution < 1.29 is 9.53 Å². The van der Waals surface area contributed by atoms with Gasteiger partial charge < -0.3 is 14.8 Å². The summed E-state index contributed by atoms with van der Waals surface area (Å²) in [6.07, 6.45) is 7.51. The van der Waals surface area contributed by atoms with Crippen LogP contribution in [0.5, 0.6) is 5.75 Å². The van der Waals surface area contributed by atoms with E-state index in [-0.39, 0.29) is 6.10 Å². The first kappa shape index (κ1) is 16.5. The Bertz CT molecular complexity index is 367. The van der Waals surface area contributed by atoms with Gasteiger partial charge in [-0.2, -0.15) is 0 Å². The highest BCUT2D eigenvalue weighted by molar-refractivity contribution is 5.53. The molecule has 0 aliphatic heterocycles. The third kappa shape index (κ3) is 6.60. The predicted molar refractivity (Wildman–Crippen MR) is 84.4 cm³/mol. The number of aldehydes is 1. The Morgan fingerprint density at radius 2 is 1.75 bits per heavy atom. The lowest BCUT2D eigenvalue weighted by Crippen LogP contribution is -2.06. The van der Waals surface area contributed by atoms with E-state index in [0.29, 0.717) is 5.92 Å². The molecular weight excluding hydrogens is 250 g/mol. The molecule has 0 radical (unpaired) electrons. The second-order valence-corrected chi connectivity index (χ2v) is 5.48. The van der Waals surface area contributed by atoms with Crippen LogP contribution in [0.4, 0.5) is 5.69 Å². The Morgan fingerprint density at radius 1 is 1.15 bits per heavy atom. The minimum absolute atomic E-state index is 0.241. The molecule has 112 valence electrons. The van der Waals surface area contributed by atoms with Gasteiger partial charge in [0.15, 0.2) is 0 Å². The number of benzene rings is 1. The van der Waals surface area contributed by atoms with Gasteiger partial charge in [-0.1, -0.05) is 19.3 Å². The van der Waals surface area contributed by atoms with Gasteiger partial charge in [0, 0.05) is 18.7 Å². The van der Waals surface area contributed by atoms with E-state index in [1.165, 1.54) is 19.3 Å². The fourth-order valence-electron chi connectivity index (χ4n) is 2.24. The van der Waals surface area contributed by atoms with Crippen molar-refractivity contribution in [3.05, 3.63) is 24.3 Å². The van der Waals surface area contributed by atoms with E-state index in [9.17, 15) is 4.79 Å². The normalized spacial score (nSPS) is 15.2. The maximum Gasteiger partial charge on any atom is 0.123 e. The number of anilines is 1. The highest BCUT2D eigenvalue weighted by Gasteiger charge is 2.10. The molecule has 0 atom stereocenters. The van der Waals surface area contributed by atoms with Crippen molar-refractivity contribution in [1.29, 1.82) is 0 Å². The lowest BCUT2D eigenvalue weighted by Gasteiger charge is -2.14. The summed E-state index contributed by atoms with van der Waals surface area (Å²) in [6, 6.07) is 7.92. The molecule has 1 saturated carbocycles. The first-order valence-electron chi connectivity index (χ1n) is 7.55.